The molecule has 25 heavy (non-hydrogen) atoms. The van der Waals surface area contributed by atoms with E-state index in [1.165, 1.54) is 0 Å². The quantitative estimate of drug-likeness (QED) is 0.588. The molecule has 0 radical (unpaired) electrons. The lowest BCUT2D eigenvalue weighted by atomic mass is 10.1. The smallest absolute Gasteiger partial charge is 0.262 e. The van der Waals surface area contributed by atoms with Gasteiger partial charge in [0.2, 0.25) is 5.95 Å². The van der Waals surface area contributed by atoms with E-state index in [1.54, 1.807) is 30.6 Å². The zero-order valence-electron chi connectivity index (χ0n) is 12.9. The predicted octanol–water partition coefficient (Wildman–Crippen LogP) is 3.78. The van der Waals surface area contributed by atoms with Crippen molar-refractivity contribution in [3.05, 3.63) is 76.3 Å². The van der Waals surface area contributed by atoms with E-state index in [4.69, 9.17) is 11.6 Å². The van der Waals surface area contributed by atoms with Crippen LogP contribution in [0.3, 0.4) is 0 Å². The number of anilines is 2. The number of nitrogens with one attached hydrogen (secondary N) is 2. The Labute approximate surface area is 147 Å². The summed E-state index contributed by atoms with van der Waals surface area (Å²) >= 11 is 6.13. The van der Waals surface area contributed by atoms with Crippen LogP contribution < -0.4 is 10.9 Å². The van der Waals surface area contributed by atoms with Gasteiger partial charge >= 0.3 is 0 Å². The van der Waals surface area contributed by atoms with Gasteiger partial charge in [0.25, 0.3) is 5.56 Å². The highest BCUT2D eigenvalue weighted by Gasteiger charge is 2.12. The number of hydrogen-bond donors (Lipinski definition) is 2. The molecule has 1 aromatic carbocycles. The van der Waals surface area contributed by atoms with Gasteiger partial charge in [-0.3, -0.25) is 14.8 Å². The Hall–Kier alpha value is -3.25. The van der Waals surface area contributed by atoms with Crippen LogP contribution in [0.5, 0.6) is 0 Å². The maximum atomic E-state index is 12.6. The first kappa shape index (κ1) is 15.3. The van der Waals surface area contributed by atoms with Crippen molar-refractivity contribution in [1.82, 2.24) is 19.9 Å². The second-order valence-electron chi connectivity index (χ2n) is 5.29. The SMILES string of the molecule is O=c1[nH]c(Nc2ccccc2Cl)nc2nccc(-c3ccccn3)c12. The van der Waals surface area contributed by atoms with Crippen molar-refractivity contribution in [3.8, 4) is 11.3 Å². The van der Waals surface area contributed by atoms with Crippen LogP contribution in [0.2, 0.25) is 5.02 Å². The molecule has 7 heteroatoms. The second-order valence-corrected chi connectivity index (χ2v) is 5.70. The summed E-state index contributed by atoms with van der Waals surface area (Å²) in [6.07, 6.45) is 3.29. The van der Waals surface area contributed by atoms with Gasteiger partial charge in [-0.05, 0) is 30.3 Å². The fourth-order valence-electron chi connectivity index (χ4n) is 2.55. The molecule has 0 aliphatic heterocycles. The molecule has 0 bridgehead atoms. The zero-order valence-corrected chi connectivity index (χ0v) is 13.7. The molecule has 0 saturated carbocycles. The number of nitrogens with zero attached hydrogens (tertiary/aromatic N) is 3. The highest BCUT2D eigenvalue weighted by molar-refractivity contribution is 6.33. The van der Waals surface area contributed by atoms with Crippen molar-refractivity contribution in [3.63, 3.8) is 0 Å². The maximum absolute atomic E-state index is 12.6. The minimum absolute atomic E-state index is 0.274. The first-order valence-electron chi connectivity index (χ1n) is 7.54. The molecule has 0 aliphatic carbocycles. The lowest BCUT2D eigenvalue weighted by molar-refractivity contribution is 1.14. The van der Waals surface area contributed by atoms with Crippen molar-refractivity contribution in [2.24, 2.45) is 0 Å². The molecular formula is C18H12ClN5O. The molecule has 2 N–H and O–H groups in total. The fraction of sp³-hybridized carbons (Fsp3) is 0. The van der Waals surface area contributed by atoms with Crippen molar-refractivity contribution < 1.29 is 0 Å². The average molecular weight is 350 g/mol. The van der Waals surface area contributed by atoms with Crippen LogP contribution >= 0.6 is 11.6 Å². The number of aromatic nitrogens is 4. The van der Waals surface area contributed by atoms with Crippen molar-refractivity contribution in [1.29, 1.82) is 0 Å². The van der Waals surface area contributed by atoms with Crippen LogP contribution in [0.15, 0.2) is 65.7 Å². The minimum atomic E-state index is -0.298. The van der Waals surface area contributed by atoms with E-state index in [0.29, 0.717) is 33.0 Å². The third kappa shape index (κ3) is 2.95. The third-order valence-corrected chi connectivity index (χ3v) is 4.01. The van der Waals surface area contributed by atoms with Crippen LogP contribution in [0.25, 0.3) is 22.3 Å². The number of aromatic amines is 1. The first-order valence-corrected chi connectivity index (χ1v) is 7.92. The summed E-state index contributed by atoms with van der Waals surface area (Å²) in [6, 6.07) is 14.5. The Kier molecular flexibility index (Phi) is 3.87. The van der Waals surface area contributed by atoms with E-state index in [9.17, 15) is 4.79 Å². The van der Waals surface area contributed by atoms with Gasteiger partial charge in [-0.2, -0.15) is 4.98 Å². The van der Waals surface area contributed by atoms with E-state index >= 15 is 0 Å². The number of rotatable bonds is 3. The maximum Gasteiger partial charge on any atom is 0.262 e. The Morgan fingerprint density at radius 1 is 0.960 bits per heavy atom. The molecular weight excluding hydrogens is 338 g/mol. The third-order valence-electron chi connectivity index (χ3n) is 3.68. The molecule has 0 saturated heterocycles. The van der Waals surface area contributed by atoms with Crippen molar-refractivity contribution in [2.75, 3.05) is 5.32 Å². The van der Waals surface area contributed by atoms with Crippen LogP contribution in [-0.4, -0.2) is 19.9 Å². The largest absolute Gasteiger partial charge is 0.324 e. The molecule has 0 aliphatic rings. The van der Waals surface area contributed by atoms with Gasteiger partial charge in [0.1, 0.15) is 0 Å². The summed E-state index contributed by atoms with van der Waals surface area (Å²) in [6.45, 7) is 0. The molecule has 122 valence electrons. The standard InChI is InChI=1S/C18H12ClN5O/c19-12-5-1-2-7-14(12)22-18-23-16-15(17(25)24-18)11(8-10-21-16)13-6-3-4-9-20-13/h1-10H,(H2,21,22,23,24,25). The van der Waals surface area contributed by atoms with Crippen molar-refractivity contribution >= 4 is 34.3 Å². The minimum Gasteiger partial charge on any atom is -0.324 e. The molecule has 0 unspecified atom stereocenters. The molecule has 3 aromatic heterocycles. The summed E-state index contributed by atoms with van der Waals surface area (Å²) in [5, 5.41) is 3.93. The van der Waals surface area contributed by atoms with Crippen LogP contribution in [0, 0.1) is 0 Å². The van der Waals surface area contributed by atoms with Gasteiger partial charge < -0.3 is 5.32 Å². The highest BCUT2D eigenvalue weighted by Crippen LogP contribution is 2.25. The Bertz CT molecular complexity index is 1110. The monoisotopic (exact) mass is 349 g/mol. The molecule has 3 heterocycles. The highest BCUT2D eigenvalue weighted by atomic mass is 35.5. The summed E-state index contributed by atoms with van der Waals surface area (Å²) in [7, 11) is 0. The van der Waals surface area contributed by atoms with Crippen LogP contribution in [-0.2, 0) is 0 Å². The molecule has 4 aromatic rings. The van der Waals surface area contributed by atoms with Gasteiger partial charge in [0.05, 0.1) is 21.8 Å². The van der Waals surface area contributed by atoms with Gasteiger partial charge in [-0.25, -0.2) is 4.98 Å². The fourth-order valence-corrected chi connectivity index (χ4v) is 2.73. The lowest BCUT2D eigenvalue weighted by Crippen LogP contribution is -2.13. The number of hydrogen-bond acceptors (Lipinski definition) is 5. The second kappa shape index (κ2) is 6.33. The predicted molar refractivity (Wildman–Crippen MR) is 98.1 cm³/mol. The van der Waals surface area contributed by atoms with E-state index in [0.717, 1.165) is 0 Å². The number of fused-ring (bicyclic) bond motifs is 1. The van der Waals surface area contributed by atoms with E-state index in [2.05, 4.69) is 25.3 Å². The number of para-hydroxylation sites is 1. The number of halogens is 1. The Balaban J connectivity index is 1.84. The number of H-pyrrole nitrogens is 1. The zero-order chi connectivity index (χ0) is 17.2. The van der Waals surface area contributed by atoms with Crippen LogP contribution in [0.4, 0.5) is 11.6 Å². The molecule has 0 fully saturated rings. The average Bonchev–Trinajstić information content (AvgIpc) is 2.64. The lowest BCUT2D eigenvalue weighted by Gasteiger charge is -2.09. The molecule has 0 amide bonds. The van der Waals surface area contributed by atoms with Gasteiger partial charge in [-0.15, -0.1) is 0 Å². The molecule has 0 atom stereocenters. The normalized spacial score (nSPS) is 10.8. The van der Waals surface area contributed by atoms with Gasteiger partial charge in [-0.1, -0.05) is 29.8 Å². The van der Waals surface area contributed by atoms with E-state index < -0.39 is 0 Å². The first-order chi connectivity index (χ1) is 12.2. The summed E-state index contributed by atoms with van der Waals surface area (Å²) < 4.78 is 0. The number of pyridine rings is 2. The number of benzene rings is 1. The van der Waals surface area contributed by atoms with E-state index in [1.807, 2.05) is 30.3 Å². The van der Waals surface area contributed by atoms with Crippen molar-refractivity contribution in [2.45, 2.75) is 0 Å². The Morgan fingerprint density at radius 2 is 1.80 bits per heavy atom. The molecule has 4 rings (SSSR count). The Morgan fingerprint density at radius 3 is 2.60 bits per heavy atom. The molecule has 0 spiro atoms. The van der Waals surface area contributed by atoms with Crippen LogP contribution in [0.1, 0.15) is 0 Å². The topological polar surface area (TPSA) is 83.6 Å². The van der Waals surface area contributed by atoms with E-state index in [-0.39, 0.29) is 11.5 Å². The summed E-state index contributed by atoms with van der Waals surface area (Å²) in [5.41, 5.74) is 2.06. The molecule has 6 nitrogen and oxygen atoms in total. The summed E-state index contributed by atoms with van der Waals surface area (Å²) in [4.78, 5) is 28.3. The van der Waals surface area contributed by atoms with Gasteiger partial charge in [0.15, 0.2) is 5.65 Å². The summed E-state index contributed by atoms with van der Waals surface area (Å²) in [5.74, 6) is 0.274. The van der Waals surface area contributed by atoms with Gasteiger partial charge in [0, 0.05) is 18.0 Å².